The number of carbonyl (C=O) groups is 1. The molecule has 0 atom stereocenters. The van der Waals surface area contributed by atoms with Crippen LogP contribution in [0.2, 0.25) is 0 Å². The fourth-order valence-electron chi connectivity index (χ4n) is 2.98. The lowest BCUT2D eigenvalue weighted by Gasteiger charge is -2.21. The number of benzene rings is 2. The molecule has 0 saturated heterocycles. The normalized spacial score (nSPS) is 14.7. The van der Waals surface area contributed by atoms with Crippen LogP contribution in [0.15, 0.2) is 48.5 Å². The number of hydrogen-bond acceptors (Lipinski definition) is 2. The highest BCUT2D eigenvalue weighted by atomic mass is 19.1. The predicted molar refractivity (Wildman–Crippen MR) is 95.2 cm³/mol. The van der Waals surface area contributed by atoms with Crippen molar-refractivity contribution in [3.8, 4) is 5.75 Å². The third kappa shape index (κ3) is 4.10. The van der Waals surface area contributed by atoms with E-state index in [1.807, 2.05) is 36.4 Å². The van der Waals surface area contributed by atoms with Crippen LogP contribution in [0.25, 0.3) is 0 Å². The summed E-state index contributed by atoms with van der Waals surface area (Å²) in [6, 6.07) is 14.1. The lowest BCUT2D eigenvalue weighted by Crippen LogP contribution is -2.40. The summed E-state index contributed by atoms with van der Waals surface area (Å²) in [5.74, 6) is 0.564. The molecule has 0 heterocycles. The molecule has 0 spiro atoms. The van der Waals surface area contributed by atoms with Crippen molar-refractivity contribution in [3.05, 3.63) is 65.5 Å². The number of nitrogens with one attached hydrogen (secondary N) is 1. The van der Waals surface area contributed by atoms with Crippen LogP contribution in [0.1, 0.15) is 24.0 Å². The van der Waals surface area contributed by atoms with E-state index in [9.17, 15) is 9.18 Å². The van der Waals surface area contributed by atoms with Gasteiger partial charge in [0.1, 0.15) is 11.6 Å². The van der Waals surface area contributed by atoms with E-state index >= 15 is 0 Å². The molecule has 1 aliphatic carbocycles. The zero-order valence-electron chi connectivity index (χ0n) is 14.6. The summed E-state index contributed by atoms with van der Waals surface area (Å²) in [4.78, 5) is 14.0. The van der Waals surface area contributed by atoms with Crippen LogP contribution in [0.4, 0.5) is 9.18 Å². The van der Waals surface area contributed by atoms with Crippen molar-refractivity contribution in [2.75, 3.05) is 20.7 Å². The number of methoxy groups -OCH3 is 1. The number of amides is 2. The Bertz CT molecular complexity index is 724. The van der Waals surface area contributed by atoms with Crippen LogP contribution in [-0.4, -0.2) is 31.6 Å². The number of rotatable bonds is 6. The minimum Gasteiger partial charge on any atom is -0.497 e. The number of nitrogens with zero attached hydrogens (tertiary/aromatic N) is 1. The highest BCUT2D eigenvalue weighted by Crippen LogP contribution is 2.47. The van der Waals surface area contributed by atoms with Gasteiger partial charge in [-0.05, 0) is 48.2 Å². The molecule has 0 aromatic heterocycles. The summed E-state index contributed by atoms with van der Waals surface area (Å²) < 4.78 is 18.2. The van der Waals surface area contributed by atoms with E-state index in [1.165, 1.54) is 12.1 Å². The summed E-state index contributed by atoms with van der Waals surface area (Å²) in [6.45, 7) is 1.10. The van der Waals surface area contributed by atoms with Crippen LogP contribution < -0.4 is 10.1 Å². The van der Waals surface area contributed by atoms with Crippen LogP contribution in [0, 0.1) is 5.82 Å². The Balaban J connectivity index is 1.53. The number of ether oxygens (including phenoxy) is 1. The van der Waals surface area contributed by atoms with Gasteiger partial charge in [0, 0.05) is 25.6 Å². The van der Waals surface area contributed by atoms with Gasteiger partial charge < -0.3 is 15.0 Å². The summed E-state index contributed by atoms with van der Waals surface area (Å²) in [5.41, 5.74) is 2.09. The first kappa shape index (κ1) is 17.3. The van der Waals surface area contributed by atoms with Crippen molar-refractivity contribution in [2.45, 2.75) is 24.8 Å². The molecule has 2 amide bonds. The molecule has 5 heteroatoms. The lowest BCUT2D eigenvalue weighted by molar-refractivity contribution is 0.206. The number of urea groups is 1. The van der Waals surface area contributed by atoms with Crippen molar-refractivity contribution < 1.29 is 13.9 Å². The van der Waals surface area contributed by atoms with Crippen LogP contribution >= 0.6 is 0 Å². The molecular weight excluding hydrogens is 319 g/mol. The average molecular weight is 342 g/mol. The first-order chi connectivity index (χ1) is 12.0. The Labute approximate surface area is 147 Å². The van der Waals surface area contributed by atoms with Gasteiger partial charge in [0.15, 0.2) is 0 Å². The van der Waals surface area contributed by atoms with E-state index < -0.39 is 0 Å². The van der Waals surface area contributed by atoms with Gasteiger partial charge in [-0.3, -0.25) is 0 Å². The second-order valence-corrected chi connectivity index (χ2v) is 6.65. The highest BCUT2D eigenvalue weighted by molar-refractivity contribution is 5.74. The fourth-order valence-corrected chi connectivity index (χ4v) is 2.98. The fraction of sp³-hybridized carbons (Fsp3) is 0.350. The molecule has 0 radical (unpaired) electrons. The van der Waals surface area contributed by atoms with Crippen molar-refractivity contribution in [1.29, 1.82) is 0 Å². The van der Waals surface area contributed by atoms with Gasteiger partial charge in [0.05, 0.1) is 7.11 Å². The van der Waals surface area contributed by atoms with Gasteiger partial charge in [-0.2, -0.15) is 0 Å². The molecule has 2 aromatic rings. The molecular formula is C20H23FN2O2. The molecule has 1 saturated carbocycles. The van der Waals surface area contributed by atoms with E-state index in [4.69, 9.17) is 4.74 Å². The van der Waals surface area contributed by atoms with Crippen LogP contribution in [-0.2, 0) is 12.0 Å². The molecule has 0 unspecified atom stereocenters. The number of hydrogen-bond donors (Lipinski definition) is 1. The van der Waals surface area contributed by atoms with Gasteiger partial charge in [-0.15, -0.1) is 0 Å². The maximum Gasteiger partial charge on any atom is 0.317 e. The SMILES string of the molecule is COc1ccc(CN(C)C(=O)NCC2(c3ccc(F)cc3)CC2)cc1. The van der Waals surface area contributed by atoms with Crippen molar-refractivity contribution in [1.82, 2.24) is 10.2 Å². The molecule has 132 valence electrons. The summed E-state index contributed by atoms with van der Waals surface area (Å²) in [6.07, 6.45) is 2.03. The number of halogens is 1. The van der Waals surface area contributed by atoms with E-state index in [1.54, 1.807) is 19.1 Å². The molecule has 3 rings (SSSR count). The molecule has 1 aliphatic rings. The maximum absolute atomic E-state index is 13.1. The second kappa shape index (κ2) is 7.13. The van der Waals surface area contributed by atoms with Crippen molar-refractivity contribution in [3.63, 3.8) is 0 Å². The first-order valence-corrected chi connectivity index (χ1v) is 8.40. The minimum atomic E-state index is -0.234. The molecule has 1 N–H and O–H groups in total. The largest absolute Gasteiger partial charge is 0.497 e. The molecule has 2 aromatic carbocycles. The monoisotopic (exact) mass is 342 g/mol. The first-order valence-electron chi connectivity index (χ1n) is 8.40. The Morgan fingerprint density at radius 3 is 2.36 bits per heavy atom. The summed E-state index contributed by atoms with van der Waals surface area (Å²) >= 11 is 0. The molecule has 4 nitrogen and oxygen atoms in total. The molecule has 25 heavy (non-hydrogen) atoms. The third-order valence-electron chi connectivity index (χ3n) is 4.81. The zero-order valence-corrected chi connectivity index (χ0v) is 14.6. The maximum atomic E-state index is 13.1. The lowest BCUT2D eigenvalue weighted by atomic mass is 9.96. The van der Waals surface area contributed by atoms with Gasteiger partial charge in [0.2, 0.25) is 0 Å². The second-order valence-electron chi connectivity index (χ2n) is 6.65. The average Bonchev–Trinajstić information content (AvgIpc) is 3.42. The van der Waals surface area contributed by atoms with Crippen LogP contribution in [0.3, 0.4) is 0 Å². The smallest absolute Gasteiger partial charge is 0.317 e. The summed E-state index contributed by atoms with van der Waals surface area (Å²) in [7, 11) is 3.40. The zero-order chi connectivity index (χ0) is 17.9. The predicted octanol–water partition coefficient (Wildman–Crippen LogP) is 3.71. The van der Waals surface area contributed by atoms with Gasteiger partial charge in [-0.25, -0.2) is 9.18 Å². The molecule has 0 bridgehead atoms. The van der Waals surface area contributed by atoms with E-state index in [-0.39, 0.29) is 17.3 Å². The van der Waals surface area contributed by atoms with E-state index in [0.29, 0.717) is 13.1 Å². The Morgan fingerprint density at radius 2 is 1.80 bits per heavy atom. The van der Waals surface area contributed by atoms with Crippen molar-refractivity contribution in [2.24, 2.45) is 0 Å². The topological polar surface area (TPSA) is 41.6 Å². The van der Waals surface area contributed by atoms with Crippen molar-refractivity contribution >= 4 is 6.03 Å². The van der Waals surface area contributed by atoms with E-state index in [0.717, 1.165) is 29.7 Å². The Hall–Kier alpha value is -2.56. The highest BCUT2D eigenvalue weighted by Gasteiger charge is 2.44. The molecule has 1 fully saturated rings. The Kier molecular flexibility index (Phi) is 4.93. The van der Waals surface area contributed by atoms with Gasteiger partial charge >= 0.3 is 6.03 Å². The number of carbonyl (C=O) groups excluding carboxylic acids is 1. The molecule has 0 aliphatic heterocycles. The quantitative estimate of drug-likeness (QED) is 0.869. The van der Waals surface area contributed by atoms with Gasteiger partial charge in [-0.1, -0.05) is 24.3 Å². The van der Waals surface area contributed by atoms with Gasteiger partial charge in [0.25, 0.3) is 0 Å². The van der Waals surface area contributed by atoms with Crippen LogP contribution in [0.5, 0.6) is 5.75 Å². The Morgan fingerprint density at radius 1 is 1.16 bits per heavy atom. The standard InChI is InChI=1S/C20H23FN2O2/c1-23(13-15-3-9-18(25-2)10-4-15)19(24)22-14-20(11-12-20)16-5-7-17(21)8-6-16/h3-10H,11-14H2,1-2H3,(H,22,24). The third-order valence-corrected chi connectivity index (χ3v) is 4.81. The summed E-state index contributed by atoms with van der Waals surface area (Å²) in [5, 5.41) is 3.01. The minimum absolute atomic E-state index is 0.0374. The van der Waals surface area contributed by atoms with E-state index in [2.05, 4.69) is 5.32 Å².